The third-order valence-corrected chi connectivity index (χ3v) is 5.98. The minimum Gasteiger partial charge on any atom is -0.496 e. The number of aromatic amines is 1. The van der Waals surface area contributed by atoms with Gasteiger partial charge >= 0.3 is 0 Å². The maximum absolute atomic E-state index is 6.15. The number of unbranched alkanes of at least 4 members (excludes halogenated alkanes) is 1. The Kier molecular flexibility index (Phi) is 10.2. The van der Waals surface area contributed by atoms with Gasteiger partial charge in [-0.05, 0) is 36.5 Å². The van der Waals surface area contributed by atoms with Gasteiger partial charge < -0.3 is 20.5 Å². The van der Waals surface area contributed by atoms with Crippen molar-refractivity contribution in [1.29, 1.82) is 0 Å². The van der Waals surface area contributed by atoms with Crippen LogP contribution in [0.25, 0.3) is 0 Å². The Morgan fingerprint density at radius 2 is 1.94 bits per heavy atom. The normalized spacial score (nSPS) is 12.0. The Hall–Kier alpha value is -3.27. The number of methoxy groups -OCH3 is 2. The number of nitrogens with one attached hydrogen (secondary N) is 2. The number of hydrogen-bond acceptors (Lipinski definition) is 9. The third-order valence-electron chi connectivity index (χ3n) is 5.98. The fourth-order valence-corrected chi connectivity index (χ4v) is 4.20. The summed E-state index contributed by atoms with van der Waals surface area (Å²) in [6.45, 7) is 5.03. The molecule has 35 heavy (non-hydrogen) atoms. The lowest BCUT2D eigenvalue weighted by atomic mass is 9.97. The first-order valence-electron chi connectivity index (χ1n) is 12.4. The van der Waals surface area contributed by atoms with E-state index in [2.05, 4.69) is 55.8 Å². The van der Waals surface area contributed by atoms with Gasteiger partial charge in [-0.2, -0.15) is 10.2 Å². The average Bonchev–Trinajstić information content (AvgIpc) is 3.36. The van der Waals surface area contributed by atoms with Crippen LogP contribution < -0.4 is 15.8 Å². The third kappa shape index (κ3) is 7.61. The van der Waals surface area contributed by atoms with E-state index >= 15 is 0 Å². The second-order valence-electron chi connectivity index (χ2n) is 8.70. The van der Waals surface area contributed by atoms with Gasteiger partial charge in [0.25, 0.3) is 0 Å². The number of aryl methyl sites for hydroxylation is 1. The molecule has 0 saturated heterocycles. The van der Waals surface area contributed by atoms with Crippen LogP contribution in [0.1, 0.15) is 74.2 Å². The number of nitrogen functional groups attached to an aromatic ring is 1. The number of aromatic nitrogens is 6. The Bertz CT molecular complexity index is 1030. The number of nitrogens with zero attached hydrogens (tertiary/aromatic N) is 5. The predicted molar refractivity (Wildman–Crippen MR) is 137 cm³/mol. The van der Waals surface area contributed by atoms with E-state index in [-0.39, 0.29) is 6.04 Å². The number of tetrazole rings is 1. The number of hydrogen-bond donors (Lipinski definition) is 3. The molecule has 190 valence electrons. The molecule has 1 aromatic carbocycles. The lowest BCUT2D eigenvalue weighted by Gasteiger charge is -2.23. The average molecular weight is 483 g/mol. The lowest BCUT2D eigenvalue weighted by molar-refractivity contribution is 0.188. The molecule has 10 heteroatoms. The van der Waals surface area contributed by atoms with Crippen molar-refractivity contribution in [3.63, 3.8) is 0 Å². The van der Waals surface area contributed by atoms with Crippen molar-refractivity contribution in [2.45, 2.75) is 71.3 Å². The summed E-state index contributed by atoms with van der Waals surface area (Å²) in [5.41, 5.74) is 10.3. The minimum atomic E-state index is 0.240. The van der Waals surface area contributed by atoms with Crippen molar-refractivity contribution < 1.29 is 9.47 Å². The van der Waals surface area contributed by atoms with Gasteiger partial charge in [0.1, 0.15) is 11.6 Å². The highest BCUT2D eigenvalue weighted by Gasteiger charge is 2.19. The Labute approximate surface area is 207 Å². The molecule has 2 heterocycles. The molecule has 0 bridgehead atoms. The molecular weight excluding hydrogens is 444 g/mol. The first kappa shape index (κ1) is 26.3. The molecule has 3 rings (SSSR count). The van der Waals surface area contributed by atoms with E-state index in [9.17, 15) is 0 Å². The molecule has 2 aromatic heterocycles. The van der Waals surface area contributed by atoms with E-state index in [1.807, 2.05) is 12.1 Å². The predicted octanol–water partition coefficient (Wildman–Crippen LogP) is 3.72. The summed E-state index contributed by atoms with van der Waals surface area (Å²) in [6, 6.07) is 6.38. The summed E-state index contributed by atoms with van der Waals surface area (Å²) in [7, 11) is 3.42. The number of H-pyrrole nitrogens is 1. The second-order valence-corrected chi connectivity index (χ2v) is 8.70. The lowest BCUT2D eigenvalue weighted by Crippen LogP contribution is -2.24. The molecule has 0 spiro atoms. The zero-order chi connectivity index (χ0) is 25.0. The van der Waals surface area contributed by atoms with Crippen LogP contribution in [0.3, 0.4) is 0 Å². The van der Waals surface area contributed by atoms with Crippen molar-refractivity contribution in [3.8, 4) is 5.75 Å². The van der Waals surface area contributed by atoms with Gasteiger partial charge in [-0.1, -0.05) is 50.5 Å². The molecule has 4 N–H and O–H groups in total. The number of rotatable bonds is 15. The van der Waals surface area contributed by atoms with Crippen LogP contribution in [0.15, 0.2) is 18.2 Å². The van der Waals surface area contributed by atoms with Crippen LogP contribution in [-0.2, 0) is 24.0 Å². The molecule has 3 aromatic rings. The number of benzene rings is 1. The molecule has 1 atom stereocenters. The second kappa shape index (κ2) is 13.6. The highest BCUT2D eigenvalue weighted by Crippen LogP contribution is 2.29. The largest absolute Gasteiger partial charge is 0.496 e. The van der Waals surface area contributed by atoms with E-state index in [1.54, 1.807) is 14.2 Å². The fourth-order valence-electron chi connectivity index (χ4n) is 4.20. The molecule has 0 aliphatic carbocycles. The first-order chi connectivity index (χ1) is 17.1. The van der Waals surface area contributed by atoms with Crippen LogP contribution in [0.4, 0.5) is 11.8 Å². The van der Waals surface area contributed by atoms with Gasteiger partial charge in [0.2, 0.25) is 5.95 Å². The van der Waals surface area contributed by atoms with Gasteiger partial charge in [-0.15, -0.1) is 10.2 Å². The van der Waals surface area contributed by atoms with Crippen molar-refractivity contribution in [1.82, 2.24) is 30.6 Å². The smallest absolute Gasteiger partial charge is 0.222 e. The van der Waals surface area contributed by atoms with Gasteiger partial charge in [0.15, 0.2) is 5.82 Å². The number of ether oxygens (including phenoxy) is 2. The van der Waals surface area contributed by atoms with Crippen molar-refractivity contribution in [3.05, 3.63) is 46.4 Å². The van der Waals surface area contributed by atoms with Crippen molar-refractivity contribution in [2.24, 2.45) is 0 Å². The quantitative estimate of drug-likeness (QED) is 0.296. The van der Waals surface area contributed by atoms with Gasteiger partial charge in [0.05, 0.1) is 12.8 Å². The van der Waals surface area contributed by atoms with Crippen LogP contribution in [0.5, 0.6) is 5.75 Å². The van der Waals surface area contributed by atoms with Crippen LogP contribution in [0.2, 0.25) is 0 Å². The van der Waals surface area contributed by atoms with E-state index in [4.69, 9.17) is 15.2 Å². The van der Waals surface area contributed by atoms with E-state index < -0.39 is 0 Å². The highest BCUT2D eigenvalue weighted by atomic mass is 16.5. The van der Waals surface area contributed by atoms with Gasteiger partial charge in [-0.25, -0.2) is 4.98 Å². The number of anilines is 2. The zero-order valence-corrected chi connectivity index (χ0v) is 21.3. The topological polar surface area (TPSA) is 137 Å². The Morgan fingerprint density at radius 1 is 1.09 bits per heavy atom. The summed E-state index contributed by atoms with van der Waals surface area (Å²) in [5.74, 6) is 2.54. The molecule has 0 aliphatic heterocycles. The summed E-state index contributed by atoms with van der Waals surface area (Å²) < 4.78 is 11.1. The molecule has 0 radical (unpaired) electrons. The Morgan fingerprint density at radius 3 is 2.63 bits per heavy atom. The number of nitrogens with two attached hydrogens (primary N) is 1. The maximum Gasteiger partial charge on any atom is 0.222 e. The molecule has 0 amide bonds. The minimum absolute atomic E-state index is 0.240. The van der Waals surface area contributed by atoms with Crippen molar-refractivity contribution >= 4 is 11.8 Å². The molecule has 0 aliphatic rings. The summed E-state index contributed by atoms with van der Waals surface area (Å²) >= 11 is 0. The van der Waals surface area contributed by atoms with Crippen LogP contribution in [-0.4, -0.2) is 57.5 Å². The first-order valence-corrected chi connectivity index (χ1v) is 12.4. The molecule has 0 saturated carbocycles. The maximum atomic E-state index is 6.15. The van der Waals surface area contributed by atoms with E-state index in [0.29, 0.717) is 31.2 Å². The zero-order valence-electron chi connectivity index (χ0n) is 21.3. The van der Waals surface area contributed by atoms with Crippen molar-refractivity contribution in [2.75, 3.05) is 31.9 Å². The molecule has 0 unspecified atom stereocenters. The monoisotopic (exact) mass is 482 g/mol. The summed E-state index contributed by atoms with van der Waals surface area (Å²) in [4.78, 5) is 9.27. The molecule has 10 nitrogen and oxygen atoms in total. The van der Waals surface area contributed by atoms with E-state index in [0.717, 1.165) is 72.5 Å². The van der Waals surface area contributed by atoms with Gasteiger partial charge in [-0.3, -0.25) is 0 Å². The molecule has 0 fully saturated rings. The van der Waals surface area contributed by atoms with Crippen LogP contribution in [0, 0.1) is 0 Å². The highest BCUT2D eigenvalue weighted by molar-refractivity contribution is 5.54. The fraction of sp³-hybridized carbons (Fsp3) is 0.560. The Balaban J connectivity index is 1.97. The standard InChI is InChI=1S/C25H38N8O2/c1-5-7-9-19(12-13-34-3)27-24-20(21(8-6-2)28-25(26)29-24)16-18-14-17(10-11-22(18)35-4)15-23-30-32-33-31-23/h10-11,14,19H,5-9,12-13,15-16H2,1-4H3,(H3,26,27,28,29)(H,30,31,32,33)/t19-/m0/s1. The molecular formula is C25H38N8O2. The summed E-state index contributed by atoms with van der Waals surface area (Å²) in [5, 5.41) is 18.0. The van der Waals surface area contributed by atoms with E-state index in [1.165, 1.54) is 0 Å². The summed E-state index contributed by atoms with van der Waals surface area (Å²) in [6.07, 6.45) is 7.17. The SMILES string of the molecule is CCCC[C@@H](CCOC)Nc1nc(N)nc(CCC)c1Cc1cc(Cc2nn[nH]n2)ccc1OC. The van der Waals surface area contributed by atoms with Crippen LogP contribution >= 0.6 is 0 Å². The van der Waals surface area contributed by atoms with Gasteiger partial charge in [0, 0.05) is 38.2 Å².